The van der Waals surface area contributed by atoms with Crippen LogP contribution < -0.4 is 4.74 Å². The van der Waals surface area contributed by atoms with E-state index in [1.165, 1.54) is 12.8 Å². The molecule has 0 aliphatic heterocycles. The van der Waals surface area contributed by atoms with Crippen molar-refractivity contribution in [2.75, 3.05) is 0 Å². The van der Waals surface area contributed by atoms with E-state index >= 15 is 0 Å². The Bertz CT molecular complexity index is 404. The number of hydrogen-bond donors (Lipinski definition) is 0. The van der Waals surface area contributed by atoms with Gasteiger partial charge in [0.05, 0.1) is 6.10 Å². The Morgan fingerprint density at radius 2 is 1.89 bits per heavy atom. The molecule has 0 amide bonds. The van der Waals surface area contributed by atoms with Crippen LogP contribution in [0.1, 0.15) is 51.5 Å². The fraction of sp³-hybridized carbons (Fsp3) is 0.529. The molecular formula is C17H24O2. The van der Waals surface area contributed by atoms with Gasteiger partial charge in [-0.15, -0.1) is 0 Å². The Morgan fingerprint density at radius 1 is 1.26 bits per heavy atom. The number of hydrogen-bond acceptors (Lipinski definition) is 2. The summed E-state index contributed by atoms with van der Waals surface area (Å²) in [4.78, 5) is 0. The van der Waals surface area contributed by atoms with E-state index in [2.05, 4.69) is 13.5 Å². The Kier molecular flexibility index (Phi) is 4.65. The van der Waals surface area contributed by atoms with E-state index < -0.39 is 5.79 Å². The van der Waals surface area contributed by atoms with Gasteiger partial charge in [-0.2, -0.15) is 0 Å². The molecule has 0 bridgehead atoms. The van der Waals surface area contributed by atoms with Gasteiger partial charge in [0.25, 0.3) is 0 Å². The molecule has 1 atom stereocenters. The van der Waals surface area contributed by atoms with Crippen molar-refractivity contribution in [1.29, 1.82) is 0 Å². The average Bonchev–Trinajstić information content (AvgIpc) is 2.92. The quantitative estimate of drug-likeness (QED) is 0.684. The number of rotatable bonds is 6. The summed E-state index contributed by atoms with van der Waals surface area (Å²) in [7, 11) is 0. The van der Waals surface area contributed by atoms with Crippen molar-refractivity contribution in [2.24, 2.45) is 0 Å². The van der Waals surface area contributed by atoms with Crippen LogP contribution in [0.25, 0.3) is 6.08 Å². The van der Waals surface area contributed by atoms with Crippen molar-refractivity contribution < 1.29 is 9.47 Å². The minimum Gasteiger partial charge on any atom is -0.463 e. The molecule has 1 saturated carbocycles. The van der Waals surface area contributed by atoms with Crippen LogP contribution in [0.15, 0.2) is 30.8 Å². The van der Waals surface area contributed by atoms with Gasteiger partial charge in [0.1, 0.15) is 5.75 Å². The zero-order chi connectivity index (χ0) is 13.7. The van der Waals surface area contributed by atoms with Gasteiger partial charge in [-0.05, 0) is 30.5 Å². The summed E-state index contributed by atoms with van der Waals surface area (Å²) in [5, 5.41) is 0. The third-order valence-corrected chi connectivity index (χ3v) is 3.81. The molecule has 104 valence electrons. The van der Waals surface area contributed by atoms with Crippen LogP contribution >= 0.6 is 0 Å². The normalized spacial score (nSPS) is 19.1. The van der Waals surface area contributed by atoms with Gasteiger partial charge in [0.15, 0.2) is 0 Å². The summed E-state index contributed by atoms with van der Waals surface area (Å²) in [6, 6.07) is 7.97. The van der Waals surface area contributed by atoms with Crippen molar-refractivity contribution >= 4 is 6.08 Å². The molecule has 19 heavy (non-hydrogen) atoms. The molecule has 0 radical (unpaired) electrons. The average molecular weight is 260 g/mol. The molecular weight excluding hydrogens is 236 g/mol. The second kappa shape index (κ2) is 6.25. The van der Waals surface area contributed by atoms with Crippen LogP contribution in [0.5, 0.6) is 5.75 Å². The van der Waals surface area contributed by atoms with Crippen LogP contribution in [0.3, 0.4) is 0 Å². The molecule has 1 aliphatic rings. The lowest BCUT2D eigenvalue weighted by Crippen LogP contribution is -2.38. The van der Waals surface area contributed by atoms with Crippen LogP contribution in [0, 0.1) is 0 Å². The summed E-state index contributed by atoms with van der Waals surface area (Å²) < 4.78 is 12.2. The van der Waals surface area contributed by atoms with Gasteiger partial charge in [-0.1, -0.05) is 44.6 Å². The van der Waals surface area contributed by atoms with Gasteiger partial charge >= 0.3 is 0 Å². The molecule has 1 aromatic carbocycles. The van der Waals surface area contributed by atoms with Crippen molar-refractivity contribution in [3.05, 3.63) is 36.4 Å². The SMILES string of the molecule is C=Cc1ccc(OC(C)(CC)OC2CCCC2)cc1. The number of benzene rings is 1. The summed E-state index contributed by atoms with van der Waals surface area (Å²) in [6.07, 6.45) is 7.90. The van der Waals surface area contributed by atoms with Crippen LogP contribution in [0.4, 0.5) is 0 Å². The van der Waals surface area contributed by atoms with Gasteiger partial charge in [0, 0.05) is 13.3 Å². The van der Waals surface area contributed by atoms with Crippen molar-refractivity contribution in [3.8, 4) is 5.75 Å². The van der Waals surface area contributed by atoms with E-state index in [1.807, 2.05) is 37.3 Å². The fourth-order valence-corrected chi connectivity index (χ4v) is 2.46. The lowest BCUT2D eigenvalue weighted by molar-refractivity contribution is -0.199. The smallest absolute Gasteiger partial charge is 0.207 e. The molecule has 2 rings (SSSR count). The van der Waals surface area contributed by atoms with E-state index in [0.29, 0.717) is 6.10 Å². The predicted molar refractivity (Wildman–Crippen MR) is 79.2 cm³/mol. The molecule has 1 aromatic rings. The van der Waals surface area contributed by atoms with Crippen molar-refractivity contribution in [2.45, 2.75) is 57.8 Å². The fourth-order valence-electron chi connectivity index (χ4n) is 2.46. The lowest BCUT2D eigenvalue weighted by Gasteiger charge is -2.32. The molecule has 0 heterocycles. The highest BCUT2D eigenvalue weighted by Crippen LogP contribution is 2.30. The van der Waals surface area contributed by atoms with E-state index in [1.54, 1.807) is 0 Å². The van der Waals surface area contributed by atoms with E-state index in [4.69, 9.17) is 9.47 Å². The first-order valence-electron chi connectivity index (χ1n) is 7.24. The second-order valence-corrected chi connectivity index (χ2v) is 5.39. The predicted octanol–water partition coefficient (Wildman–Crippen LogP) is 4.79. The Morgan fingerprint density at radius 3 is 2.42 bits per heavy atom. The Labute approximate surface area is 116 Å². The maximum Gasteiger partial charge on any atom is 0.207 e. The Hall–Kier alpha value is -1.28. The van der Waals surface area contributed by atoms with Crippen molar-refractivity contribution in [3.63, 3.8) is 0 Å². The van der Waals surface area contributed by atoms with Crippen LogP contribution in [0.2, 0.25) is 0 Å². The van der Waals surface area contributed by atoms with Gasteiger partial charge in [-0.3, -0.25) is 0 Å². The molecule has 0 aromatic heterocycles. The zero-order valence-corrected chi connectivity index (χ0v) is 12.0. The van der Waals surface area contributed by atoms with E-state index in [-0.39, 0.29) is 0 Å². The van der Waals surface area contributed by atoms with Crippen molar-refractivity contribution in [1.82, 2.24) is 0 Å². The van der Waals surface area contributed by atoms with Crippen LogP contribution in [-0.4, -0.2) is 11.9 Å². The summed E-state index contributed by atoms with van der Waals surface area (Å²) in [6.45, 7) is 7.89. The number of ether oxygens (including phenoxy) is 2. The highest BCUT2D eigenvalue weighted by Gasteiger charge is 2.30. The standard InChI is InChI=1S/C17H24O2/c1-4-14-10-12-16(13-11-14)19-17(3,5-2)18-15-8-6-7-9-15/h4,10-13,15H,1,5-9H2,2-3H3. The highest BCUT2D eigenvalue weighted by atomic mass is 16.7. The molecule has 2 heteroatoms. The summed E-state index contributed by atoms with van der Waals surface area (Å²) >= 11 is 0. The van der Waals surface area contributed by atoms with E-state index in [0.717, 1.165) is 30.6 Å². The molecule has 1 fully saturated rings. The van der Waals surface area contributed by atoms with Gasteiger partial charge in [0.2, 0.25) is 5.79 Å². The third kappa shape index (κ3) is 3.84. The molecule has 1 aliphatic carbocycles. The monoisotopic (exact) mass is 260 g/mol. The lowest BCUT2D eigenvalue weighted by atomic mass is 10.2. The topological polar surface area (TPSA) is 18.5 Å². The van der Waals surface area contributed by atoms with E-state index in [9.17, 15) is 0 Å². The second-order valence-electron chi connectivity index (χ2n) is 5.39. The van der Waals surface area contributed by atoms with Crippen LogP contribution in [-0.2, 0) is 4.74 Å². The molecule has 2 nitrogen and oxygen atoms in total. The first-order chi connectivity index (χ1) is 9.15. The summed E-state index contributed by atoms with van der Waals surface area (Å²) in [5.41, 5.74) is 1.10. The zero-order valence-electron chi connectivity index (χ0n) is 12.0. The Balaban J connectivity index is 2.01. The molecule has 1 unspecified atom stereocenters. The minimum atomic E-state index is -0.523. The molecule has 0 saturated heterocycles. The minimum absolute atomic E-state index is 0.359. The molecule has 0 N–H and O–H groups in total. The maximum absolute atomic E-state index is 6.17. The maximum atomic E-state index is 6.17. The largest absolute Gasteiger partial charge is 0.463 e. The van der Waals surface area contributed by atoms with Gasteiger partial charge in [-0.25, -0.2) is 0 Å². The third-order valence-electron chi connectivity index (χ3n) is 3.81. The summed E-state index contributed by atoms with van der Waals surface area (Å²) in [5.74, 6) is 0.331. The first kappa shape index (κ1) is 14.1. The highest BCUT2D eigenvalue weighted by molar-refractivity contribution is 5.48. The molecule has 0 spiro atoms. The first-order valence-corrected chi connectivity index (χ1v) is 7.24. The van der Waals surface area contributed by atoms with Gasteiger partial charge < -0.3 is 9.47 Å².